The van der Waals surface area contributed by atoms with E-state index < -0.39 is 0 Å². The molecular formula is C18H19N5O2. The van der Waals surface area contributed by atoms with Crippen molar-refractivity contribution in [1.82, 2.24) is 24.2 Å². The van der Waals surface area contributed by atoms with Crippen LogP contribution in [0.1, 0.15) is 17.9 Å². The molecule has 1 saturated heterocycles. The van der Waals surface area contributed by atoms with Gasteiger partial charge in [0.1, 0.15) is 18.3 Å². The number of nitrogens with zero attached hydrogens (tertiary/aromatic N) is 5. The Morgan fingerprint density at radius 3 is 2.88 bits per heavy atom. The van der Waals surface area contributed by atoms with E-state index >= 15 is 0 Å². The summed E-state index contributed by atoms with van der Waals surface area (Å²) in [7, 11) is 1.73. The van der Waals surface area contributed by atoms with Crippen molar-refractivity contribution in [2.24, 2.45) is 7.05 Å². The average molecular weight is 337 g/mol. The molecule has 1 aromatic carbocycles. The van der Waals surface area contributed by atoms with Crippen molar-refractivity contribution >= 4 is 16.9 Å². The summed E-state index contributed by atoms with van der Waals surface area (Å²) in [5.41, 5.74) is 1.55. The third-order valence-corrected chi connectivity index (χ3v) is 4.84. The number of carbonyl (C=O) groups is 1. The standard InChI is InChI=1S/C18H19N5O2/c1-21-17-15(9-20-21)18(25)23(12-19-17)11-16(24)22-8-7-14(10-22)13-5-3-2-4-6-13/h2-6,9,12,14H,7-8,10-11H2,1H3/t14-/m1/s1. The molecule has 0 N–H and O–H groups in total. The Labute approximate surface area is 144 Å². The largest absolute Gasteiger partial charge is 0.341 e. The topological polar surface area (TPSA) is 73.0 Å². The van der Waals surface area contributed by atoms with Crippen molar-refractivity contribution in [3.8, 4) is 0 Å². The maximum absolute atomic E-state index is 12.6. The van der Waals surface area contributed by atoms with Crippen LogP contribution in [0.4, 0.5) is 0 Å². The summed E-state index contributed by atoms with van der Waals surface area (Å²) in [6.07, 6.45) is 3.87. The van der Waals surface area contributed by atoms with Crippen LogP contribution in [0.5, 0.6) is 0 Å². The summed E-state index contributed by atoms with van der Waals surface area (Å²) < 4.78 is 2.91. The molecule has 0 saturated carbocycles. The van der Waals surface area contributed by atoms with Crippen molar-refractivity contribution in [1.29, 1.82) is 0 Å². The number of amides is 1. The number of fused-ring (bicyclic) bond motifs is 1. The van der Waals surface area contributed by atoms with E-state index in [-0.39, 0.29) is 18.0 Å². The summed E-state index contributed by atoms with van der Waals surface area (Å²) in [4.78, 5) is 31.1. The molecule has 1 atom stereocenters. The summed E-state index contributed by atoms with van der Waals surface area (Å²) in [5, 5.41) is 4.48. The molecule has 25 heavy (non-hydrogen) atoms. The van der Waals surface area contributed by atoms with Crippen LogP contribution in [-0.2, 0) is 18.4 Å². The first-order valence-corrected chi connectivity index (χ1v) is 8.33. The average Bonchev–Trinajstić information content (AvgIpc) is 3.26. The normalized spacial score (nSPS) is 17.3. The van der Waals surface area contributed by atoms with E-state index in [9.17, 15) is 9.59 Å². The zero-order chi connectivity index (χ0) is 17.4. The highest BCUT2D eigenvalue weighted by Crippen LogP contribution is 2.26. The smallest absolute Gasteiger partial charge is 0.264 e. The van der Waals surface area contributed by atoms with Gasteiger partial charge < -0.3 is 4.90 Å². The predicted octanol–water partition coefficient (Wildman–Crippen LogP) is 1.15. The SMILES string of the molecule is Cn1ncc2c(=O)n(CC(=O)N3CC[C@@H](c4ccccc4)C3)cnc21. The molecule has 2 aromatic heterocycles. The molecule has 7 nitrogen and oxygen atoms in total. The Kier molecular flexibility index (Phi) is 3.83. The van der Waals surface area contributed by atoms with Gasteiger partial charge in [-0.1, -0.05) is 30.3 Å². The third kappa shape index (κ3) is 2.82. The first-order chi connectivity index (χ1) is 12.1. The molecule has 3 aromatic rings. The monoisotopic (exact) mass is 337 g/mol. The van der Waals surface area contributed by atoms with Crippen molar-refractivity contribution in [3.63, 3.8) is 0 Å². The van der Waals surface area contributed by atoms with Crippen LogP contribution < -0.4 is 5.56 Å². The first kappa shape index (κ1) is 15.6. The second-order valence-electron chi connectivity index (χ2n) is 6.42. The van der Waals surface area contributed by atoms with Crippen LogP contribution in [0.25, 0.3) is 11.0 Å². The molecule has 1 aliphatic heterocycles. The number of aromatic nitrogens is 4. The third-order valence-electron chi connectivity index (χ3n) is 4.84. The summed E-state index contributed by atoms with van der Waals surface area (Å²) in [6, 6.07) is 10.2. The summed E-state index contributed by atoms with van der Waals surface area (Å²) in [6.45, 7) is 1.42. The highest BCUT2D eigenvalue weighted by molar-refractivity contribution is 5.77. The van der Waals surface area contributed by atoms with Gasteiger partial charge in [0.25, 0.3) is 5.56 Å². The minimum atomic E-state index is -0.231. The van der Waals surface area contributed by atoms with Crippen LogP contribution in [0.15, 0.2) is 47.7 Å². The fourth-order valence-electron chi connectivity index (χ4n) is 3.41. The number of hydrogen-bond acceptors (Lipinski definition) is 4. The molecule has 1 fully saturated rings. The number of aryl methyl sites for hydroxylation is 1. The van der Waals surface area contributed by atoms with E-state index in [1.165, 1.54) is 22.7 Å². The van der Waals surface area contributed by atoms with Gasteiger partial charge in [-0.15, -0.1) is 0 Å². The second-order valence-corrected chi connectivity index (χ2v) is 6.42. The lowest BCUT2D eigenvalue weighted by Gasteiger charge is -2.17. The molecule has 1 aliphatic rings. The lowest BCUT2D eigenvalue weighted by molar-refractivity contribution is -0.130. The lowest BCUT2D eigenvalue weighted by Crippen LogP contribution is -2.35. The van der Waals surface area contributed by atoms with Crippen LogP contribution in [0, 0.1) is 0 Å². The first-order valence-electron chi connectivity index (χ1n) is 8.33. The number of carbonyl (C=O) groups excluding carboxylic acids is 1. The van der Waals surface area contributed by atoms with E-state index in [4.69, 9.17) is 0 Å². The Morgan fingerprint density at radius 1 is 1.28 bits per heavy atom. The molecule has 7 heteroatoms. The Hall–Kier alpha value is -2.96. The maximum Gasteiger partial charge on any atom is 0.264 e. The lowest BCUT2D eigenvalue weighted by atomic mass is 9.99. The van der Waals surface area contributed by atoms with Crippen molar-refractivity contribution < 1.29 is 4.79 Å². The van der Waals surface area contributed by atoms with Crippen molar-refractivity contribution in [2.75, 3.05) is 13.1 Å². The molecule has 3 heterocycles. The minimum Gasteiger partial charge on any atom is -0.341 e. The van der Waals surface area contributed by atoms with Gasteiger partial charge in [-0.25, -0.2) is 4.98 Å². The van der Waals surface area contributed by atoms with Gasteiger partial charge in [0.05, 0.1) is 6.20 Å². The van der Waals surface area contributed by atoms with E-state index in [2.05, 4.69) is 22.2 Å². The molecule has 4 rings (SSSR count). The fraction of sp³-hybridized carbons (Fsp3) is 0.333. The zero-order valence-electron chi connectivity index (χ0n) is 14.0. The highest BCUT2D eigenvalue weighted by atomic mass is 16.2. The molecule has 0 aliphatic carbocycles. The molecule has 1 amide bonds. The van der Waals surface area contributed by atoms with Crippen molar-refractivity contribution in [3.05, 3.63) is 58.8 Å². The van der Waals surface area contributed by atoms with Gasteiger partial charge >= 0.3 is 0 Å². The minimum absolute atomic E-state index is 0.0121. The van der Waals surface area contributed by atoms with Gasteiger partial charge in [-0.05, 0) is 12.0 Å². The van der Waals surface area contributed by atoms with E-state index in [1.807, 2.05) is 23.1 Å². The van der Waals surface area contributed by atoms with E-state index in [0.29, 0.717) is 23.5 Å². The number of hydrogen-bond donors (Lipinski definition) is 0. The van der Waals surface area contributed by atoms with Gasteiger partial charge in [-0.2, -0.15) is 5.10 Å². The number of rotatable bonds is 3. The molecular weight excluding hydrogens is 318 g/mol. The number of benzene rings is 1. The fourth-order valence-corrected chi connectivity index (χ4v) is 3.41. The summed E-state index contributed by atoms with van der Waals surface area (Å²) >= 11 is 0. The Morgan fingerprint density at radius 2 is 2.08 bits per heavy atom. The van der Waals surface area contributed by atoms with Crippen LogP contribution in [0.2, 0.25) is 0 Å². The predicted molar refractivity (Wildman–Crippen MR) is 93.1 cm³/mol. The highest BCUT2D eigenvalue weighted by Gasteiger charge is 2.27. The van der Waals surface area contributed by atoms with Gasteiger partial charge in [0, 0.05) is 26.1 Å². The van der Waals surface area contributed by atoms with E-state index in [1.54, 1.807) is 11.7 Å². The van der Waals surface area contributed by atoms with Gasteiger partial charge in [0.15, 0.2) is 5.65 Å². The quantitative estimate of drug-likeness (QED) is 0.719. The van der Waals surface area contributed by atoms with Crippen LogP contribution in [0.3, 0.4) is 0 Å². The maximum atomic E-state index is 12.6. The van der Waals surface area contributed by atoms with E-state index in [0.717, 1.165) is 13.0 Å². The van der Waals surface area contributed by atoms with Crippen LogP contribution in [-0.4, -0.2) is 43.2 Å². The van der Waals surface area contributed by atoms with Crippen molar-refractivity contribution in [2.45, 2.75) is 18.9 Å². The Bertz CT molecular complexity index is 976. The molecule has 0 bridgehead atoms. The zero-order valence-corrected chi connectivity index (χ0v) is 14.0. The van der Waals surface area contributed by atoms with Gasteiger partial charge in [0.2, 0.25) is 5.91 Å². The number of likely N-dealkylation sites (tertiary alicyclic amines) is 1. The van der Waals surface area contributed by atoms with Gasteiger partial charge in [-0.3, -0.25) is 18.8 Å². The molecule has 128 valence electrons. The molecule has 0 spiro atoms. The Balaban J connectivity index is 1.49. The van der Waals surface area contributed by atoms with Crippen LogP contribution >= 0.6 is 0 Å². The summed E-state index contributed by atoms with van der Waals surface area (Å²) in [5.74, 6) is 0.311. The molecule has 0 unspecified atom stereocenters. The molecule has 0 radical (unpaired) electrons. The second kappa shape index (κ2) is 6.16.